The van der Waals surface area contributed by atoms with E-state index in [4.69, 9.17) is 9.47 Å². The Hall–Kier alpha value is -1.26. The highest BCUT2D eigenvalue weighted by Crippen LogP contribution is 2.27. The molecule has 4 nitrogen and oxygen atoms in total. The van der Waals surface area contributed by atoms with E-state index in [1.165, 1.54) is 5.56 Å². The van der Waals surface area contributed by atoms with Crippen molar-refractivity contribution in [1.29, 1.82) is 0 Å². The molecule has 4 heteroatoms. The molecule has 108 valence electrons. The maximum Gasteiger partial charge on any atom is 0.161 e. The van der Waals surface area contributed by atoms with Crippen LogP contribution in [0.5, 0.6) is 11.5 Å². The highest BCUT2D eigenvalue weighted by Gasteiger charge is 2.04. The Morgan fingerprint density at radius 2 is 1.84 bits per heavy atom. The van der Waals surface area contributed by atoms with Crippen molar-refractivity contribution in [2.75, 3.05) is 33.4 Å². The summed E-state index contributed by atoms with van der Waals surface area (Å²) in [5, 5.41) is 6.74. The first kappa shape index (κ1) is 15.8. The molecule has 0 saturated heterocycles. The molecule has 0 atom stereocenters. The summed E-state index contributed by atoms with van der Waals surface area (Å²) in [6.45, 7) is 8.73. The van der Waals surface area contributed by atoms with Crippen LogP contribution in [-0.4, -0.2) is 33.4 Å². The Kier molecular flexibility index (Phi) is 8.02. The van der Waals surface area contributed by atoms with Crippen LogP contribution in [0.4, 0.5) is 0 Å². The van der Waals surface area contributed by atoms with Crippen LogP contribution in [0.3, 0.4) is 0 Å². The van der Waals surface area contributed by atoms with Gasteiger partial charge >= 0.3 is 0 Å². The van der Waals surface area contributed by atoms with Crippen molar-refractivity contribution in [3.05, 3.63) is 23.8 Å². The van der Waals surface area contributed by atoms with Crippen LogP contribution in [0, 0.1) is 0 Å². The first-order valence-corrected chi connectivity index (χ1v) is 7.03. The number of hydrogen-bond acceptors (Lipinski definition) is 4. The molecular weight excluding hydrogens is 240 g/mol. The molecule has 1 aromatic carbocycles. The first-order valence-electron chi connectivity index (χ1n) is 7.03. The summed E-state index contributed by atoms with van der Waals surface area (Å²) in [5.41, 5.74) is 1.22. The molecule has 1 rings (SSSR count). The molecule has 0 aromatic heterocycles. The molecule has 2 N–H and O–H groups in total. The van der Waals surface area contributed by atoms with E-state index in [1.54, 1.807) is 7.11 Å². The fraction of sp³-hybridized carbons (Fsp3) is 0.600. The zero-order valence-electron chi connectivity index (χ0n) is 12.3. The van der Waals surface area contributed by atoms with Gasteiger partial charge in [-0.25, -0.2) is 0 Å². The number of hydrogen-bond donors (Lipinski definition) is 2. The van der Waals surface area contributed by atoms with Crippen molar-refractivity contribution in [3.8, 4) is 11.5 Å². The van der Waals surface area contributed by atoms with Gasteiger partial charge in [0.15, 0.2) is 11.5 Å². The number of benzene rings is 1. The topological polar surface area (TPSA) is 42.5 Å². The normalized spacial score (nSPS) is 10.5. The van der Waals surface area contributed by atoms with Gasteiger partial charge in [-0.1, -0.05) is 13.0 Å². The Morgan fingerprint density at radius 1 is 1.05 bits per heavy atom. The molecule has 0 saturated carbocycles. The molecule has 0 spiro atoms. The monoisotopic (exact) mass is 266 g/mol. The van der Waals surface area contributed by atoms with E-state index in [2.05, 4.69) is 23.6 Å². The van der Waals surface area contributed by atoms with E-state index < -0.39 is 0 Å². The van der Waals surface area contributed by atoms with Crippen LogP contribution in [0.15, 0.2) is 18.2 Å². The summed E-state index contributed by atoms with van der Waals surface area (Å²) >= 11 is 0. The third kappa shape index (κ3) is 5.94. The van der Waals surface area contributed by atoms with E-state index in [1.807, 2.05) is 19.1 Å². The third-order valence-electron chi connectivity index (χ3n) is 2.81. The highest BCUT2D eigenvalue weighted by atomic mass is 16.5. The average Bonchev–Trinajstić information content (AvgIpc) is 2.43. The minimum Gasteiger partial charge on any atom is -0.493 e. The fourth-order valence-electron chi connectivity index (χ4n) is 1.85. The highest BCUT2D eigenvalue weighted by molar-refractivity contribution is 5.42. The molecule has 0 aliphatic rings. The van der Waals surface area contributed by atoms with Crippen LogP contribution >= 0.6 is 0 Å². The molecule has 19 heavy (non-hydrogen) atoms. The van der Waals surface area contributed by atoms with Gasteiger partial charge in [0.1, 0.15) is 0 Å². The molecule has 0 heterocycles. The zero-order chi connectivity index (χ0) is 13.9. The van der Waals surface area contributed by atoms with E-state index in [0.29, 0.717) is 6.61 Å². The molecule has 0 bridgehead atoms. The largest absolute Gasteiger partial charge is 0.493 e. The quantitative estimate of drug-likeness (QED) is 0.637. The summed E-state index contributed by atoms with van der Waals surface area (Å²) in [5.74, 6) is 1.61. The second kappa shape index (κ2) is 9.64. The minimum atomic E-state index is 0.649. The molecule has 0 radical (unpaired) electrons. The molecule has 0 unspecified atom stereocenters. The van der Waals surface area contributed by atoms with Crippen molar-refractivity contribution in [1.82, 2.24) is 10.6 Å². The molecular formula is C15H26N2O2. The summed E-state index contributed by atoms with van der Waals surface area (Å²) in [4.78, 5) is 0. The zero-order valence-corrected chi connectivity index (χ0v) is 12.3. The minimum absolute atomic E-state index is 0.649. The smallest absolute Gasteiger partial charge is 0.161 e. The second-order valence-corrected chi connectivity index (χ2v) is 4.30. The predicted octanol–water partition coefficient (Wildman–Crippen LogP) is 2.18. The van der Waals surface area contributed by atoms with Crippen molar-refractivity contribution in [3.63, 3.8) is 0 Å². The molecule has 1 aromatic rings. The van der Waals surface area contributed by atoms with Gasteiger partial charge in [0.2, 0.25) is 0 Å². The Labute approximate surface area is 116 Å². The maximum atomic E-state index is 5.57. The van der Waals surface area contributed by atoms with Crippen LogP contribution in [0.1, 0.15) is 25.8 Å². The number of rotatable bonds is 10. The molecule has 0 fully saturated rings. The van der Waals surface area contributed by atoms with Crippen molar-refractivity contribution in [2.24, 2.45) is 0 Å². The molecule has 0 aliphatic carbocycles. The summed E-state index contributed by atoms with van der Waals surface area (Å²) in [6, 6.07) is 6.07. The third-order valence-corrected chi connectivity index (χ3v) is 2.81. The van der Waals surface area contributed by atoms with Gasteiger partial charge in [-0.15, -0.1) is 0 Å². The van der Waals surface area contributed by atoms with Crippen molar-refractivity contribution >= 4 is 0 Å². The Bertz CT molecular complexity index is 356. The Morgan fingerprint density at radius 3 is 2.53 bits per heavy atom. The van der Waals surface area contributed by atoms with Gasteiger partial charge in [-0.3, -0.25) is 0 Å². The SMILES string of the molecule is CCNCCCNCc1ccc(OC)c(OCC)c1. The lowest BCUT2D eigenvalue weighted by Gasteiger charge is -2.11. The summed E-state index contributed by atoms with van der Waals surface area (Å²) in [6.07, 6.45) is 1.14. The number of nitrogens with one attached hydrogen (secondary N) is 2. The van der Waals surface area contributed by atoms with Gasteiger partial charge in [0.25, 0.3) is 0 Å². The van der Waals surface area contributed by atoms with Gasteiger partial charge in [0, 0.05) is 6.54 Å². The summed E-state index contributed by atoms with van der Waals surface area (Å²) in [7, 11) is 1.66. The number of methoxy groups -OCH3 is 1. The van der Waals surface area contributed by atoms with E-state index >= 15 is 0 Å². The van der Waals surface area contributed by atoms with Crippen molar-refractivity contribution < 1.29 is 9.47 Å². The van der Waals surface area contributed by atoms with E-state index in [-0.39, 0.29) is 0 Å². The summed E-state index contributed by atoms with van der Waals surface area (Å²) < 4.78 is 10.8. The Balaban J connectivity index is 2.39. The predicted molar refractivity (Wildman–Crippen MR) is 79.0 cm³/mol. The lowest BCUT2D eigenvalue weighted by Crippen LogP contribution is -2.21. The maximum absolute atomic E-state index is 5.57. The second-order valence-electron chi connectivity index (χ2n) is 4.30. The van der Waals surface area contributed by atoms with Crippen LogP contribution in [0.2, 0.25) is 0 Å². The van der Waals surface area contributed by atoms with Gasteiger partial charge < -0.3 is 20.1 Å². The van der Waals surface area contributed by atoms with E-state index in [0.717, 1.165) is 44.1 Å². The lowest BCUT2D eigenvalue weighted by molar-refractivity contribution is 0.310. The average molecular weight is 266 g/mol. The first-order chi connectivity index (χ1) is 9.31. The standard InChI is InChI=1S/C15H26N2O2/c1-4-16-9-6-10-17-12-13-7-8-14(18-3)15(11-13)19-5-2/h7-8,11,16-17H,4-6,9-10,12H2,1-3H3. The van der Waals surface area contributed by atoms with Gasteiger partial charge in [-0.05, 0) is 50.7 Å². The fourth-order valence-corrected chi connectivity index (χ4v) is 1.85. The lowest BCUT2D eigenvalue weighted by atomic mass is 10.2. The van der Waals surface area contributed by atoms with Gasteiger partial charge in [0.05, 0.1) is 13.7 Å². The van der Waals surface area contributed by atoms with Crippen molar-refractivity contribution in [2.45, 2.75) is 26.8 Å². The van der Waals surface area contributed by atoms with Crippen LogP contribution in [0.25, 0.3) is 0 Å². The van der Waals surface area contributed by atoms with Gasteiger partial charge in [-0.2, -0.15) is 0 Å². The van der Waals surface area contributed by atoms with Crippen LogP contribution in [-0.2, 0) is 6.54 Å². The van der Waals surface area contributed by atoms with E-state index in [9.17, 15) is 0 Å². The number of ether oxygens (including phenoxy) is 2. The molecule has 0 aliphatic heterocycles. The molecule has 0 amide bonds. The van der Waals surface area contributed by atoms with Crippen LogP contribution < -0.4 is 20.1 Å².